The molecule has 56 heavy (non-hydrogen) atoms. The molecular formula is C52H32N2O2. The van der Waals surface area contributed by atoms with Gasteiger partial charge >= 0.3 is 0 Å². The molecule has 262 valence electrons. The van der Waals surface area contributed by atoms with Crippen LogP contribution in [0.15, 0.2) is 203 Å². The van der Waals surface area contributed by atoms with E-state index in [0.717, 1.165) is 99.6 Å². The zero-order valence-electron chi connectivity index (χ0n) is 30.2. The molecular weight excluding hydrogens is 685 g/mol. The normalized spacial score (nSPS) is 11.9. The van der Waals surface area contributed by atoms with Gasteiger partial charge < -0.3 is 18.3 Å². The minimum Gasteiger partial charge on any atom is -0.456 e. The molecule has 0 saturated heterocycles. The second-order valence-electron chi connectivity index (χ2n) is 14.4. The van der Waals surface area contributed by atoms with Crippen LogP contribution in [0, 0.1) is 0 Å². The van der Waals surface area contributed by atoms with Crippen molar-refractivity contribution in [3.05, 3.63) is 194 Å². The monoisotopic (exact) mass is 716 g/mol. The Hall–Kier alpha value is -7.56. The van der Waals surface area contributed by atoms with E-state index in [4.69, 9.17) is 8.83 Å². The fourth-order valence-corrected chi connectivity index (χ4v) is 8.99. The number of rotatable bonds is 5. The van der Waals surface area contributed by atoms with Crippen molar-refractivity contribution in [1.29, 1.82) is 0 Å². The van der Waals surface area contributed by atoms with Crippen LogP contribution in [0.3, 0.4) is 0 Å². The summed E-state index contributed by atoms with van der Waals surface area (Å²) in [6, 6.07) is 68.9. The number of benzene rings is 9. The SMILES string of the molecule is c1ccc(N(c2ccccc2-n2c3ccccc3c3ccccc32)c2cccc3oc4ccccc4c23)c(-c2cccc3c2oc2c4ccccc4ccc32)c1. The lowest BCUT2D eigenvalue weighted by Gasteiger charge is -2.30. The van der Waals surface area contributed by atoms with E-state index in [0.29, 0.717) is 0 Å². The van der Waals surface area contributed by atoms with Crippen molar-refractivity contribution in [3.8, 4) is 16.8 Å². The van der Waals surface area contributed by atoms with E-state index in [-0.39, 0.29) is 0 Å². The van der Waals surface area contributed by atoms with E-state index >= 15 is 0 Å². The maximum atomic E-state index is 6.95. The van der Waals surface area contributed by atoms with Crippen LogP contribution in [0.1, 0.15) is 0 Å². The molecule has 3 heterocycles. The van der Waals surface area contributed by atoms with Gasteiger partial charge in [-0.25, -0.2) is 0 Å². The number of fused-ring (bicyclic) bond motifs is 11. The molecule has 0 fully saturated rings. The van der Waals surface area contributed by atoms with E-state index < -0.39 is 0 Å². The third-order valence-corrected chi connectivity index (χ3v) is 11.4. The summed E-state index contributed by atoms with van der Waals surface area (Å²) in [4.78, 5) is 2.43. The van der Waals surface area contributed by atoms with Crippen molar-refractivity contribution in [2.75, 3.05) is 4.90 Å². The molecule has 0 aliphatic heterocycles. The molecule has 4 heteroatoms. The van der Waals surface area contributed by atoms with Crippen molar-refractivity contribution in [3.63, 3.8) is 0 Å². The summed E-state index contributed by atoms with van der Waals surface area (Å²) in [6.45, 7) is 0. The van der Waals surface area contributed by atoms with Gasteiger partial charge in [0.25, 0.3) is 0 Å². The van der Waals surface area contributed by atoms with Crippen molar-refractivity contribution in [2.24, 2.45) is 0 Å². The molecule has 4 nitrogen and oxygen atoms in total. The summed E-state index contributed by atoms with van der Waals surface area (Å²) in [5.41, 5.74) is 12.0. The Morgan fingerprint density at radius 3 is 1.75 bits per heavy atom. The average molecular weight is 717 g/mol. The summed E-state index contributed by atoms with van der Waals surface area (Å²) in [5, 5.41) is 9.05. The van der Waals surface area contributed by atoms with E-state index in [2.05, 4.69) is 198 Å². The van der Waals surface area contributed by atoms with E-state index in [1.54, 1.807) is 0 Å². The molecule has 0 aliphatic carbocycles. The highest BCUT2D eigenvalue weighted by Crippen LogP contribution is 2.50. The van der Waals surface area contributed by atoms with E-state index in [9.17, 15) is 0 Å². The maximum Gasteiger partial charge on any atom is 0.143 e. The van der Waals surface area contributed by atoms with Crippen LogP contribution in [0.25, 0.3) is 93.3 Å². The number of nitrogens with zero attached hydrogens (tertiary/aromatic N) is 2. The predicted octanol–water partition coefficient (Wildman–Crippen LogP) is 14.9. The van der Waals surface area contributed by atoms with Crippen LogP contribution in [0.2, 0.25) is 0 Å². The van der Waals surface area contributed by atoms with Crippen LogP contribution in [-0.2, 0) is 0 Å². The zero-order chi connectivity index (χ0) is 36.7. The Balaban J connectivity index is 1.19. The van der Waals surface area contributed by atoms with Crippen molar-refractivity contribution in [1.82, 2.24) is 4.57 Å². The first kappa shape index (κ1) is 30.9. The molecule has 0 saturated carbocycles. The molecule has 0 amide bonds. The minimum absolute atomic E-state index is 0.840. The maximum absolute atomic E-state index is 6.95. The quantitative estimate of drug-likeness (QED) is 0.178. The summed E-state index contributed by atoms with van der Waals surface area (Å²) < 4.78 is 15.9. The number of aromatic nitrogens is 1. The molecule has 0 aliphatic rings. The zero-order valence-corrected chi connectivity index (χ0v) is 30.2. The molecule has 12 rings (SSSR count). The molecule has 0 atom stereocenters. The van der Waals surface area contributed by atoms with Gasteiger partial charge in [0.05, 0.1) is 39.2 Å². The van der Waals surface area contributed by atoms with E-state index in [1.165, 1.54) is 10.8 Å². The fourth-order valence-electron chi connectivity index (χ4n) is 8.99. The Kier molecular flexibility index (Phi) is 6.60. The third kappa shape index (κ3) is 4.41. The van der Waals surface area contributed by atoms with Gasteiger partial charge in [-0.2, -0.15) is 0 Å². The van der Waals surface area contributed by atoms with Gasteiger partial charge in [0.15, 0.2) is 0 Å². The smallest absolute Gasteiger partial charge is 0.143 e. The highest BCUT2D eigenvalue weighted by Gasteiger charge is 2.26. The van der Waals surface area contributed by atoms with E-state index in [1.807, 2.05) is 6.07 Å². The Labute approximate surface area is 321 Å². The van der Waals surface area contributed by atoms with Crippen LogP contribution in [0.4, 0.5) is 17.1 Å². The number of hydrogen-bond donors (Lipinski definition) is 0. The van der Waals surface area contributed by atoms with Gasteiger partial charge in [-0.1, -0.05) is 140 Å². The van der Waals surface area contributed by atoms with Gasteiger partial charge in [0.2, 0.25) is 0 Å². The highest BCUT2D eigenvalue weighted by molar-refractivity contribution is 6.19. The highest BCUT2D eigenvalue weighted by atomic mass is 16.3. The standard InChI is InChI=1S/C52H32N2O2/c1-2-16-34-33(15-1)31-32-40-39-22-13-21-38(52(39)56-51(34)40)37-19-5-9-25-44(37)54(47-28-14-30-49-50(47)41-20-6-12-29-48(41)55-49)46-27-11-10-26-45(46)53-42-23-7-3-17-35(42)36-18-4-8-24-43(36)53/h1-32H. The molecule has 0 radical (unpaired) electrons. The van der Waals surface area contributed by atoms with Crippen molar-refractivity contribution >= 4 is 93.5 Å². The molecule has 0 bridgehead atoms. The first-order valence-corrected chi connectivity index (χ1v) is 19.0. The Bertz CT molecular complexity index is 3460. The number of furan rings is 2. The lowest BCUT2D eigenvalue weighted by molar-refractivity contribution is 0.669. The second kappa shape index (κ2) is 12.0. The molecule has 9 aromatic carbocycles. The third-order valence-electron chi connectivity index (χ3n) is 11.4. The summed E-state index contributed by atoms with van der Waals surface area (Å²) >= 11 is 0. The Morgan fingerprint density at radius 1 is 0.339 bits per heavy atom. The first-order chi connectivity index (χ1) is 27.8. The summed E-state index contributed by atoms with van der Waals surface area (Å²) in [5.74, 6) is 0. The lowest BCUT2D eigenvalue weighted by Crippen LogP contribution is -2.14. The van der Waals surface area contributed by atoms with Crippen LogP contribution in [0.5, 0.6) is 0 Å². The minimum atomic E-state index is 0.840. The van der Waals surface area contributed by atoms with Crippen LogP contribution >= 0.6 is 0 Å². The largest absolute Gasteiger partial charge is 0.456 e. The van der Waals surface area contributed by atoms with Gasteiger partial charge in [0, 0.05) is 43.4 Å². The number of anilines is 3. The van der Waals surface area contributed by atoms with Gasteiger partial charge in [-0.05, 0) is 60.0 Å². The van der Waals surface area contributed by atoms with Crippen molar-refractivity contribution < 1.29 is 8.83 Å². The topological polar surface area (TPSA) is 34.5 Å². The van der Waals surface area contributed by atoms with Gasteiger partial charge in [-0.3, -0.25) is 0 Å². The number of para-hydroxylation sites is 7. The summed E-state index contributed by atoms with van der Waals surface area (Å²) in [7, 11) is 0. The Morgan fingerprint density at radius 2 is 0.911 bits per heavy atom. The lowest BCUT2D eigenvalue weighted by atomic mass is 9.98. The average Bonchev–Trinajstić information content (AvgIpc) is 3.95. The van der Waals surface area contributed by atoms with Gasteiger partial charge in [-0.15, -0.1) is 0 Å². The molecule has 12 aromatic rings. The van der Waals surface area contributed by atoms with Crippen molar-refractivity contribution in [2.45, 2.75) is 0 Å². The summed E-state index contributed by atoms with van der Waals surface area (Å²) in [6.07, 6.45) is 0. The molecule has 3 aromatic heterocycles. The van der Waals surface area contributed by atoms with Crippen LogP contribution < -0.4 is 4.90 Å². The molecule has 0 spiro atoms. The number of hydrogen-bond acceptors (Lipinski definition) is 3. The predicted molar refractivity (Wildman–Crippen MR) is 233 cm³/mol. The molecule has 0 N–H and O–H groups in total. The van der Waals surface area contributed by atoms with Gasteiger partial charge in [0.1, 0.15) is 22.3 Å². The first-order valence-electron chi connectivity index (χ1n) is 19.0. The van der Waals surface area contributed by atoms with Crippen LogP contribution in [-0.4, -0.2) is 4.57 Å². The molecule has 0 unspecified atom stereocenters. The second-order valence-corrected chi connectivity index (χ2v) is 14.4. The fraction of sp³-hybridized carbons (Fsp3) is 0.